The molecule has 2 aromatic rings. The Bertz CT molecular complexity index is 972. The zero-order valence-electron chi connectivity index (χ0n) is 13.2. The Hall–Kier alpha value is -3.33. The van der Waals surface area contributed by atoms with Gasteiger partial charge >= 0.3 is 0 Å². The third-order valence-electron chi connectivity index (χ3n) is 3.66. The average Bonchev–Trinajstić information content (AvgIpc) is 3.23. The number of amides is 1. The summed E-state index contributed by atoms with van der Waals surface area (Å²) in [6, 6.07) is 12.0. The molecule has 1 N–H and O–H groups in total. The number of amidine groups is 1. The molecule has 2 aromatic carbocycles. The van der Waals surface area contributed by atoms with Crippen molar-refractivity contribution in [1.29, 1.82) is 0 Å². The molecule has 0 bridgehead atoms. The highest BCUT2D eigenvalue weighted by Crippen LogP contribution is 2.43. The SMILES string of the molecule is O=C1NC(=Nc2ccccc2)SC1=Cc1c([N+](=O)[O-])ccc2c1OCO2. The number of hydrogen-bond donors (Lipinski definition) is 1. The van der Waals surface area contributed by atoms with E-state index in [1.54, 1.807) is 0 Å². The molecule has 26 heavy (non-hydrogen) atoms. The summed E-state index contributed by atoms with van der Waals surface area (Å²) in [4.78, 5) is 27.7. The Morgan fingerprint density at radius 3 is 2.77 bits per heavy atom. The van der Waals surface area contributed by atoms with Crippen LogP contribution in [0.3, 0.4) is 0 Å². The first-order valence-electron chi connectivity index (χ1n) is 7.53. The van der Waals surface area contributed by atoms with Gasteiger partial charge in [0.05, 0.1) is 21.1 Å². The standard InChI is InChI=1S/C17H11N3O5S/c21-16-14(26-17(19-16)18-10-4-2-1-3-5-10)8-11-12(20(22)23)6-7-13-15(11)25-9-24-13/h1-8H,9H2,(H,18,19,21). The number of ether oxygens (including phenoxy) is 2. The monoisotopic (exact) mass is 369 g/mol. The van der Waals surface area contributed by atoms with Crippen molar-refractivity contribution in [2.75, 3.05) is 6.79 Å². The molecule has 9 heteroatoms. The molecule has 0 saturated carbocycles. The Morgan fingerprint density at radius 1 is 1.19 bits per heavy atom. The highest BCUT2D eigenvalue weighted by Gasteiger charge is 2.29. The van der Waals surface area contributed by atoms with Crippen LogP contribution < -0.4 is 14.8 Å². The van der Waals surface area contributed by atoms with E-state index < -0.39 is 4.92 Å². The molecule has 1 amide bonds. The van der Waals surface area contributed by atoms with E-state index in [2.05, 4.69) is 10.3 Å². The van der Waals surface area contributed by atoms with Gasteiger partial charge in [0.25, 0.3) is 11.6 Å². The van der Waals surface area contributed by atoms with Crippen molar-refractivity contribution in [3.63, 3.8) is 0 Å². The quantitative estimate of drug-likeness (QED) is 0.506. The highest BCUT2D eigenvalue weighted by atomic mass is 32.2. The average molecular weight is 369 g/mol. The number of para-hydroxylation sites is 1. The summed E-state index contributed by atoms with van der Waals surface area (Å²) in [7, 11) is 0. The maximum Gasteiger partial charge on any atom is 0.280 e. The van der Waals surface area contributed by atoms with Crippen LogP contribution in [0.15, 0.2) is 52.4 Å². The molecule has 1 fully saturated rings. The third-order valence-corrected chi connectivity index (χ3v) is 4.57. The second kappa shape index (κ2) is 6.52. The number of hydrogen-bond acceptors (Lipinski definition) is 7. The number of rotatable bonds is 3. The molecular weight excluding hydrogens is 358 g/mol. The second-order valence-corrected chi connectivity index (χ2v) is 6.34. The normalized spacial score (nSPS) is 18.4. The summed E-state index contributed by atoms with van der Waals surface area (Å²) >= 11 is 1.11. The summed E-state index contributed by atoms with van der Waals surface area (Å²) < 4.78 is 10.6. The Morgan fingerprint density at radius 2 is 2.00 bits per heavy atom. The van der Waals surface area contributed by atoms with Crippen molar-refractivity contribution < 1.29 is 19.2 Å². The summed E-state index contributed by atoms with van der Waals surface area (Å²) in [6.07, 6.45) is 1.43. The molecule has 130 valence electrons. The summed E-state index contributed by atoms with van der Waals surface area (Å²) in [5.74, 6) is 0.285. The van der Waals surface area contributed by atoms with Crippen LogP contribution in [0.1, 0.15) is 5.56 Å². The lowest BCUT2D eigenvalue weighted by molar-refractivity contribution is -0.385. The molecule has 0 unspecified atom stereocenters. The fraction of sp³-hybridized carbons (Fsp3) is 0.0588. The van der Waals surface area contributed by atoms with Crippen LogP contribution in [-0.4, -0.2) is 22.8 Å². The highest BCUT2D eigenvalue weighted by molar-refractivity contribution is 8.18. The number of nitro benzene ring substituents is 1. The van der Waals surface area contributed by atoms with Gasteiger partial charge in [0.15, 0.2) is 16.7 Å². The van der Waals surface area contributed by atoms with Crippen molar-refractivity contribution in [2.45, 2.75) is 0 Å². The lowest BCUT2D eigenvalue weighted by Gasteiger charge is -2.03. The van der Waals surface area contributed by atoms with Crippen LogP contribution in [0, 0.1) is 10.1 Å². The predicted molar refractivity (Wildman–Crippen MR) is 96.5 cm³/mol. The molecule has 2 aliphatic rings. The van der Waals surface area contributed by atoms with Gasteiger partial charge in [-0.1, -0.05) is 18.2 Å². The summed E-state index contributed by atoms with van der Waals surface area (Å²) in [6.45, 7) is -0.0211. The largest absolute Gasteiger partial charge is 0.454 e. The predicted octanol–water partition coefficient (Wildman–Crippen LogP) is 3.22. The van der Waals surface area contributed by atoms with Crippen molar-refractivity contribution in [1.82, 2.24) is 5.32 Å². The minimum absolute atomic E-state index is 0.0211. The van der Waals surface area contributed by atoms with Crippen LogP contribution >= 0.6 is 11.8 Å². The van der Waals surface area contributed by atoms with Gasteiger partial charge in [0.2, 0.25) is 6.79 Å². The molecule has 0 atom stereocenters. The Balaban J connectivity index is 1.71. The van der Waals surface area contributed by atoms with E-state index >= 15 is 0 Å². The molecule has 8 nitrogen and oxygen atoms in total. The van der Waals surface area contributed by atoms with Gasteiger partial charge in [0.1, 0.15) is 0 Å². The van der Waals surface area contributed by atoms with Crippen LogP contribution in [-0.2, 0) is 4.79 Å². The van der Waals surface area contributed by atoms with Crippen LogP contribution in [0.25, 0.3) is 6.08 Å². The first-order chi connectivity index (χ1) is 12.6. The number of nitrogens with zero attached hydrogens (tertiary/aromatic N) is 2. The van der Waals surface area contributed by atoms with E-state index in [1.165, 1.54) is 18.2 Å². The second-order valence-electron chi connectivity index (χ2n) is 5.31. The van der Waals surface area contributed by atoms with E-state index in [4.69, 9.17) is 9.47 Å². The molecule has 0 spiro atoms. The smallest absolute Gasteiger partial charge is 0.280 e. The van der Waals surface area contributed by atoms with E-state index in [-0.39, 0.29) is 34.6 Å². The molecule has 0 aromatic heterocycles. The molecule has 2 heterocycles. The van der Waals surface area contributed by atoms with Gasteiger partial charge in [-0.05, 0) is 36.0 Å². The number of nitrogens with one attached hydrogen (secondary N) is 1. The van der Waals surface area contributed by atoms with Gasteiger partial charge in [-0.2, -0.15) is 0 Å². The van der Waals surface area contributed by atoms with E-state index in [1.807, 2.05) is 30.3 Å². The first-order valence-corrected chi connectivity index (χ1v) is 8.35. The maximum absolute atomic E-state index is 12.2. The zero-order valence-corrected chi connectivity index (χ0v) is 14.0. The number of aliphatic imine (C=N–C) groups is 1. The van der Waals surface area contributed by atoms with Crippen LogP contribution in [0.2, 0.25) is 0 Å². The number of carbonyl (C=O) groups is 1. The van der Waals surface area contributed by atoms with Gasteiger partial charge in [-0.25, -0.2) is 4.99 Å². The van der Waals surface area contributed by atoms with Crippen molar-refractivity contribution in [3.8, 4) is 11.5 Å². The zero-order chi connectivity index (χ0) is 18.1. The number of fused-ring (bicyclic) bond motifs is 1. The Kier molecular flexibility index (Phi) is 4.05. The van der Waals surface area contributed by atoms with Crippen LogP contribution in [0.5, 0.6) is 11.5 Å². The van der Waals surface area contributed by atoms with Gasteiger partial charge in [-0.3, -0.25) is 14.9 Å². The summed E-state index contributed by atoms with van der Waals surface area (Å²) in [5.41, 5.74) is 0.729. The fourth-order valence-electron chi connectivity index (χ4n) is 2.51. The van der Waals surface area contributed by atoms with Gasteiger partial charge in [0, 0.05) is 6.07 Å². The van der Waals surface area contributed by atoms with Gasteiger partial charge < -0.3 is 14.8 Å². The molecule has 0 radical (unpaired) electrons. The van der Waals surface area contributed by atoms with Crippen molar-refractivity contribution in [3.05, 3.63) is 63.0 Å². The molecule has 1 saturated heterocycles. The van der Waals surface area contributed by atoms with E-state index in [0.717, 1.165) is 11.8 Å². The first kappa shape index (κ1) is 16.2. The molecule has 2 aliphatic heterocycles. The minimum Gasteiger partial charge on any atom is -0.454 e. The number of thioether (sulfide) groups is 1. The fourth-order valence-corrected chi connectivity index (χ4v) is 3.34. The van der Waals surface area contributed by atoms with E-state index in [0.29, 0.717) is 16.6 Å². The summed E-state index contributed by atoms with van der Waals surface area (Å²) in [5, 5.41) is 14.4. The van der Waals surface area contributed by atoms with Crippen LogP contribution in [0.4, 0.5) is 11.4 Å². The molecular formula is C17H11N3O5S. The van der Waals surface area contributed by atoms with Crippen molar-refractivity contribution >= 4 is 40.3 Å². The lowest BCUT2D eigenvalue weighted by Crippen LogP contribution is -2.19. The van der Waals surface area contributed by atoms with E-state index in [9.17, 15) is 14.9 Å². The molecule has 0 aliphatic carbocycles. The van der Waals surface area contributed by atoms with Crippen molar-refractivity contribution in [2.24, 2.45) is 4.99 Å². The minimum atomic E-state index is -0.523. The third kappa shape index (κ3) is 3.00. The lowest BCUT2D eigenvalue weighted by atomic mass is 10.1. The molecule has 4 rings (SSSR count). The Labute approximate surface area is 151 Å². The van der Waals surface area contributed by atoms with Gasteiger partial charge in [-0.15, -0.1) is 0 Å². The maximum atomic E-state index is 12.2. The number of benzene rings is 2. The number of nitro groups is 1. The topological polar surface area (TPSA) is 103 Å². The number of carbonyl (C=O) groups excluding carboxylic acids is 1.